The van der Waals surface area contributed by atoms with E-state index in [4.69, 9.17) is 5.14 Å². The van der Waals surface area contributed by atoms with Crippen LogP contribution in [0.4, 0.5) is 16.2 Å². The van der Waals surface area contributed by atoms with Crippen LogP contribution in [0, 0.1) is 11.8 Å². The Balaban J connectivity index is 0.000000132. The maximum atomic E-state index is 12.6. The van der Waals surface area contributed by atoms with Crippen LogP contribution in [0.25, 0.3) is 0 Å². The molecule has 16 heteroatoms. The third-order valence-electron chi connectivity index (χ3n) is 11.7. The molecular formula is C40H48N8O6S2. The van der Waals surface area contributed by atoms with E-state index in [2.05, 4.69) is 37.4 Å². The van der Waals surface area contributed by atoms with Crippen LogP contribution in [0.3, 0.4) is 0 Å². The number of carbonyl (C=O) groups excluding carboxylic acids is 2. The first kappa shape index (κ1) is 38.3. The topological polar surface area (TPSA) is 200 Å². The lowest BCUT2D eigenvalue weighted by Gasteiger charge is -2.16. The summed E-state index contributed by atoms with van der Waals surface area (Å²) in [7, 11) is -7.58. The van der Waals surface area contributed by atoms with Gasteiger partial charge in [-0.3, -0.25) is 9.36 Å². The summed E-state index contributed by atoms with van der Waals surface area (Å²) in [6, 6.07) is 5.34. The number of aryl methyl sites for hydroxylation is 4. The monoisotopic (exact) mass is 800 g/mol. The number of fused-ring (bicyclic) bond motifs is 4. The number of nitrogens with two attached hydrogens (primary N) is 1. The standard InChI is InChI=1S/C20H24N4O3S.C13H13NO.C7H11N3O2S/c25-20(23-28(26,27)18-9-10-24(22-18)12-13-7-8-13)21-19-16-5-1-3-14(16)11-15-4-2-6-17(15)19;15-8-14-13-11-5-1-3-9(11)7-10-4-2-6-12(10)13;8-13(11,12)7-3-9-10(5-7)4-6-1-2-6/h9-11,13H,1-8,12H2,(H2,21,23,25);7H,1-6H2;3,5-6H,1-2,4H2,(H2,8,11,12). The van der Waals surface area contributed by atoms with Crippen molar-refractivity contribution in [2.24, 2.45) is 22.0 Å². The highest BCUT2D eigenvalue weighted by Gasteiger charge is 2.29. The second-order valence-electron chi connectivity index (χ2n) is 15.9. The van der Waals surface area contributed by atoms with E-state index in [-0.39, 0.29) is 9.92 Å². The summed E-state index contributed by atoms with van der Waals surface area (Å²) in [5, 5.41) is 15.7. The lowest BCUT2D eigenvalue weighted by molar-refractivity contribution is 0.256. The lowest BCUT2D eigenvalue weighted by Crippen LogP contribution is -2.35. The van der Waals surface area contributed by atoms with Gasteiger partial charge in [0.25, 0.3) is 10.0 Å². The summed E-state index contributed by atoms with van der Waals surface area (Å²) >= 11 is 0. The highest BCUT2D eigenvalue weighted by molar-refractivity contribution is 7.90. The van der Waals surface area contributed by atoms with Crippen molar-refractivity contribution >= 4 is 43.5 Å². The van der Waals surface area contributed by atoms with Crippen molar-refractivity contribution in [1.82, 2.24) is 24.3 Å². The minimum absolute atomic E-state index is 0.0909. The largest absolute Gasteiger partial charge is 0.333 e. The Bertz CT molecular complexity index is 2380. The molecule has 2 heterocycles. The van der Waals surface area contributed by atoms with E-state index >= 15 is 0 Å². The SMILES string of the molecule is NS(=O)(=O)c1cnn(CC2CC2)c1.O=C(Nc1c2c(cc3c1CCC3)CCC2)NS(=O)(=O)c1ccn(CC2CC2)n1.O=C=Nc1c2c(cc3c1CCC3)CCC2. The molecule has 6 aliphatic rings. The second-order valence-corrected chi connectivity index (χ2v) is 19.1. The Labute approximate surface area is 327 Å². The van der Waals surface area contributed by atoms with E-state index < -0.39 is 26.1 Å². The van der Waals surface area contributed by atoms with Crippen molar-refractivity contribution in [1.29, 1.82) is 0 Å². The number of urea groups is 1. The summed E-state index contributed by atoms with van der Waals surface area (Å²) in [5.74, 6) is 1.27. The summed E-state index contributed by atoms with van der Waals surface area (Å²) in [4.78, 5) is 27.1. The van der Waals surface area contributed by atoms with Gasteiger partial charge in [0, 0.05) is 31.2 Å². The van der Waals surface area contributed by atoms with Crippen LogP contribution in [0.5, 0.6) is 0 Å². The Kier molecular flexibility index (Phi) is 10.7. The van der Waals surface area contributed by atoms with Crippen LogP contribution in [0.15, 0.2) is 51.7 Å². The molecule has 4 N–H and O–H groups in total. The molecule has 0 spiro atoms. The first-order valence-corrected chi connectivity index (χ1v) is 22.8. The van der Waals surface area contributed by atoms with Crippen molar-refractivity contribution < 1.29 is 26.4 Å². The first-order valence-electron chi connectivity index (χ1n) is 19.8. The predicted octanol–water partition coefficient (Wildman–Crippen LogP) is 5.35. The highest BCUT2D eigenvalue weighted by Crippen LogP contribution is 2.41. The molecule has 4 aromatic rings. The number of rotatable bonds is 9. The number of aromatic nitrogens is 4. The number of hydrogen-bond acceptors (Lipinski definition) is 9. The van der Waals surface area contributed by atoms with Gasteiger partial charge in [0.2, 0.25) is 16.1 Å². The van der Waals surface area contributed by atoms with E-state index in [1.165, 1.54) is 88.7 Å². The molecule has 14 nitrogen and oxygen atoms in total. The van der Waals surface area contributed by atoms with E-state index in [0.29, 0.717) is 11.8 Å². The molecular weight excluding hydrogens is 753 g/mol. The predicted molar refractivity (Wildman–Crippen MR) is 209 cm³/mol. The molecule has 0 radical (unpaired) electrons. The third kappa shape index (κ3) is 8.68. The van der Waals surface area contributed by atoms with Gasteiger partial charge in [-0.1, -0.05) is 12.1 Å². The Morgan fingerprint density at radius 1 is 0.786 bits per heavy atom. The van der Waals surface area contributed by atoms with Crippen molar-refractivity contribution in [2.75, 3.05) is 5.32 Å². The maximum absolute atomic E-state index is 12.6. The van der Waals surface area contributed by atoms with Crippen molar-refractivity contribution in [2.45, 2.75) is 126 Å². The fourth-order valence-corrected chi connectivity index (χ4v) is 9.87. The number of isocyanates is 1. The molecule has 10 rings (SSSR count). The Morgan fingerprint density at radius 2 is 1.30 bits per heavy atom. The average Bonchev–Trinajstić information content (AvgIpc) is 3.65. The van der Waals surface area contributed by atoms with E-state index in [0.717, 1.165) is 102 Å². The molecule has 2 aromatic carbocycles. The van der Waals surface area contributed by atoms with Crippen LogP contribution in [-0.2, 0) is 89.3 Å². The molecule has 0 bridgehead atoms. The second kappa shape index (κ2) is 15.7. The fourth-order valence-electron chi connectivity index (χ4n) is 8.56. The van der Waals surface area contributed by atoms with Gasteiger partial charge in [-0.15, -0.1) is 0 Å². The van der Waals surface area contributed by atoms with Crippen LogP contribution in [-0.4, -0.2) is 48.5 Å². The number of benzene rings is 2. The quantitative estimate of drug-likeness (QED) is 0.149. The van der Waals surface area contributed by atoms with Crippen LogP contribution >= 0.6 is 0 Å². The number of aliphatic imine (C=N–C) groups is 1. The molecule has 0 atom stereocenters. The maximum Gasteiger partial charge on any atom is 0.333 e. The highest BCUT2D eigenvalue weighted by atomic mass is 32.2. The van der Waals surface area contributed by atoms with Crippen molar-refractivity contribution in [3.8, 4) is 0 Å². The van der Waals surface area contributed by atoms with Crippen LogP contribution in [0.1, 0.15) is 95.9 Å². The third-order valence-corrected chi connectivity index (χ3v) is 13.7. The van der Waals surface area contributed by atoms with Crippen LogP contribution < -0.4 is 15.2 Å². The number of hydrogen-bond donors (Lipinski definition) is 3. The number of carbonyl (C=O) groups is 1. The Morgan fingerprint density at radius 3 is 1.80 bits per heavy atom. The first-order chi connectivity index (χ1) is 26.9. The summed E-state index contributed by atoms with van der Waals surface area (Å²) in [6.07, 6.45) is 23.8. The minimum atomic E-state index is -4.00. The zero-order valence-electron chi connectivity index (χ0n) is 31.4. The molecule has 0 aliphatic heterocycles. The molecule has 296 valence electrons. The van der Waals surface area contributed by atoms with Crippen LogP contribution in [0.2, 0.25) is 0 Å². The van der Waals surface area contributed by atoms with Gasteiger partial charge < -0.3 is 5.32 Å². The number of sulfonamides is 2. The summed E-state index contributed by atoms with van der Waals surface area (Å²) in [5.41, 5.74) is 12.2. The van der Waals surface area contributed by atoms with E-state index in [9.17, 15) is 26.4 Å². The van der Waals surface area contributed by atoms with E-state index in [1.54, 1.807) is 21.6 Å². The Hall–Kier alpha value is -4.63. The van der Waals surface area contributed by atoms with Gasteiger partial charge in [-0.2, -0.15) is 23.6 Å². The molecule has 56 heavy (non-hydrogen) atoms. The molecule has 2 fully saturated rings. The van der Waals surface area contributed by atoms with Gasteiger partial charge >= 0.3 is 6.03 Å². The van der Waals surface area contributed by atoms with Crippen molar-refractivity contribution in [3.63, 3.8) is 0 Å². The van der Waals surface area contributed by atoms with Gasteiger partial charge in [-0.25, -0.2) is 27.9 Å². The number of primary sulfonamides is 1. The summed E-state index contributed by atoms with van der Waals surface area (Å²) < 4.78 is 52.3. The van der Waals surface area contributed by atoms with Gasteiger partial charge in [0.15, 0.2) is 5.03 Å². The number of nitrogens with one attached hydrogen (secondary N) is 2. The van der Waals surface area contributed by atoms with Gasteiger partial charge in [0.1, 0.15) is 4.90 Å². The molecule has 2 saturated carbocycles. The average molecular weight is 801 g/mol. The lowest BCUT2D eigenvalue weighted by atomic mass is 9.99. The number of amides is 2. The molecule has 2 amide bonds. The van der Waals surface area contributed by atoms with Gasteiger partial charge in [-0.05, 0) is 165 Å². The zero-order chi connectivity index (χ0) is 39.0. The van der Waals surface area contributed by atoms with E-state index in [1.807, 2.05) is 0 Å². The number of anilines is 1. The molecule has 6 aliphatic carbocycles. The van der Waals surface area contributed by atoms with Crippen molar-refractivity contribution in [3.05, 3.63) is 81.3 Å². The zero-order valence-corrected chi connectivity index (χ0v) is 33.1. The minimum Gasteiger partial charge on any atom is -0.307 e. The molecule has 2 aromatic heterocycles. The summed E-state index contributed by atoms with van der Waals surface area (Å²) in [6.45, 7) is 1.53. The smallest absolute Gasteiger partial charge is 0.307 e. The fraction of sp³-hybridized carbons (Fsp3) is 0.500. The number of nitrogens with zero attached hydrogens (tertiary/aromatic N) is 5. The van der Waals surface area contributed by atoms with Gasteiger partial charge in [0.05, 0.1) is 11.9 Å². The normalized spacial score (nSPS) is 17.7. The molecule has 0 unspecified atom stereocenters. The molecule has 0 saturated heterocycles.